The van der Waals surface area contributed by atoms with Gasteiger partial charge in [-0.05, 0) is 49.4 Å². The highest BCUT2D eigenvalue weighted by Gasteiger charge is 2.33. The second-order valence-electron chi connectivity index (χ2n) is 9.71. The van der Waals surface area contributed by atoms with Crippen molar-refractivity contribution >= 4 is 17.5 Å². The molecule has 0 radical (unpaired) electrons. The van der Waals surface area contributed by atoms with E-state index in [1.807, 2.05) is 46.0 Å². The molecule has 3 aromatic heterocycles. The van der Waals surface area contributed by atoms with E-state index < -0.39 is 0 Å². The number of carbonyl (C=O) groups is 2. The van der Waals surface area contributed by atoms with Gasteiger partial charge in [-0.3, -0.25) is 9.59 Å². The van der Waals surface area contributed by atoms with Crippen molar-refractivity contribution in [2.75, 3.05) is 6.54 Å². The Balaban J connectivity index is 1.25. The maximum Gasteiger partial charge on any atom is 0.256 e. The van der Waals surface area contributed by atoms with Gasteiger partial charge in [-0.1, -0.05) is 25.0 Å². The molecular weight excluding hydrogens is 454 g/mol. The van der Waals surface area contributed by atoms with Crippen LogP contribution in [0.2, 0.25) is 0 Å². The zero-order valence-electron chi connectivity index (χ0n) is 20.1. The molecule has 1 saturated carbocycles. The Hall–Kier alpha value is -4.01. The number of fused-ring (bicyclic) bond motifs is 1. The first kappa shape index (κ1) is 22.5. The molecule has 4 aromatic rings. The highest BCUT2D eigenvalue weighted by Crippen LogP contribution is 2.33. The summed E-state index contributed by atoms with van der Waals surface area (Å²) in [5, 5.41) is 7.66. The van der Waals surface area contributed by atoms with Crippen molar-refractivity contribution in [3.05, 3.63) is 83.8 Å². The number of aromatic nitrogens is 5. The topological polar surface area (TPSA) is 97.4 Å². The summed E-state index contributed by atoms with van der Waals surface area (Å²) in [6.07, 6.45) is 14.8. The number of rotatable bonds is 6. The van der Waals surface area contributed by atoms with E-state index in [0.717, 1.165) is 49.8 Å². The number of hydrogen-bond acceptors (Lipinski definition) is 5. The van der Waals surface area contributed by atoms with Crippen LogP contribution >= 0.6 is 0 Å². The van der Waals surface area contributed by atoms with Crippen molar-refractivity contribution in [2.24, 2.45) is 0 Å². The number of likely N-dealkylation sites (tertiary alicyclic amines) is 1. The van der Waals surface area contributed by atoms with E-state index in [2.05, 4.69) is 20.4 Å². The molecule has 1 aliphatic heterocycles. The summed E-state index contributed by atoms with van der Waals surface area (Å²) < 4.78 is 3.71. The normalized spacial score (nSPS) is 18.2. The fourth-order valence-electron chi connectivity index (χ4n) is 5.53. The molecule has 0 bridgehead atoms. The molecule has 9 nitrogen and oxygen atoms in total. The lowest BCUT2D eigenvalue weighted by atomic mass is 10.1. The molecule has 2 aliphatic rings. The Bertz CT molecular complexity index is 1390. The standard InChI is InChI=1S/C27H29N7O2/c35-26(31-21-7-1-2-8-21)22-16-30-34-24(10-11-29-25(22)34)23-9-4-13-33(23)27(36)20-6-3-5-19(15-20)17-32-14-12-28-18-32/h3,5-6,10-12,14-16,18,21,23H,1-2,4,7-9,13,17H2,(H,31,35). The van der Waals surface area contributed by atoms with Crippen molar-refractivity contribution in [2.45, 2.75) is 57.2 Å². The SMILES string of the molecule is O=C(NC1CCCC1)c1cnn2c(C3CCCN3C(=O)c3cccc(Cn4ccnc4)c3)ccnc12. The van der Waals surface area contributed by atoms with Crippen LogP contribution in [0.5, 0.6) is 0 Å². The van der Waals surface area contributed by atoms with Gasteiger partial charge in [-0.2, -0.15) is 5.10 Å². The molecule has 2 amide bonds. The van der Waals surface area contributed by atoms with E-state index in [-0.39, 0.29) is 23.9 Å². The van der Waals surface area contributed by atoms with Crippen LogP contribution in [0.25, 0.3) is 5.65 Å². The predicted octanol–water partition coefficient (Wildman–Crippen LogP) is 3.62. The number of nitrogens with one attached hydrogen (secondary N) is 1. The lowest BCUT2D eigenvalue weighted by Crippen LogP contribution is -2.33. The summed E-state index contributed by atoms with van der Waals surface area (Å²) in [4.78, 5) is 37.1. The fraction of sp³-hybridized carbons (Fsp3) is 0.370. The highest BCUT2D eigenvalue weighted by atomic mass is 16.2. The van der Waals surface area contributed by atoms with Gasteiger partial charge in [0.2, 0.25) is 0 Å². The van der Waals surface area contributed by atoms with E-state index in [0.29, 0.717) is 29.9 Å². The molecule has 6 rings (SSSR count). The first-order chi connectivity index (χ1) is 17.7. The molecule has 1 aromatic carbocycles. The molecule has 1 aliphatic carbocycles. The van der Waals surface area contributed by atoms with Gasteiger partial charge in [0.05, 0.1) is 24.3 Å². The molecule has 184 valence electrons. The Morgan fingerprint density at radius 2 is 1.94 bits per heavy atom. The maximum atomic E-state index is 13.6. The number of hydrogen-bond donors (Lipinski definition) is 1. The summed E-state index contributed by atoms with van der Waals surface area (Å²) >= 11 is 0. The number of carbonyl (C=O) groups excluding carboxylic acids is 2. The Morgan fingerprint density at radius 1 is 1.06 bits per heavy atom. The molecule has 1 N–H and O–H groups in total. The van der Waals surface area contributed by atoms with Crippen LogP contribution in [0.4, 0.5) is 0 Å². The van der Waals surface area contributed by atoms with Gasteiger partial charge in [-0.15, -0.1) is 0 Å². The molecular formula is C27H29N7O2. The van der Waals surface area contributed by atoms with Crippen LogP contribution in [0.1, 0.15) is 76.5 Å². The average molecular weight is 484 g/mol. The summed E-state index contributed by atoms with van der Waals surface area (Å²) in [5.41, 5.74) is 3.60. The Morgan fingerprint density at radius 3 is 2.78 bits per heavy atom. The van der Waals surface area contributed by atoms with E-state index in [4.69, 9.17) is 0 Å². The van der Waals surface area contributed by atoms with E-state index >= 15 is 0 Å². The molecule has 9 heteroatoms. The summed E-state index contributed by atoms with van der Waals surface area (Å²) in [7, 11) is 0. The maximum absolute atomic E-state index is 13.6. The minimum Gasteiger partial charge on any atom is -0.349 e. The molecule has 36 heavy (non-hydrogen) atoms. The fourth-order valence-corrected chi connectivity index (χ4v) is 5.53. The number of benzene rings is 1. The molecule has 1 atom stereocenters. The number of imidazole rings is 1. The smallest absolute Gasteiger partial charge is 0.256 e. The molecule has 0 spiro atoms. The van der Waals surface area contributed by atoms with Gasteiger partial charge in [0.15, 0.2) is 5.65 Å². The van der Waals surface area contributed by atoms with Gasteiger partial charge in [0.25, 0.3) is 11.8 Å². The van der Waals surface area contributed by atoms with Gasteiger partial charge in [-0.25, -0.2) is 14.5 Å². The van der Waals surface area contributed by atoms with Crippen molar-refractivity contribution in [3.8, 4) is 0 Å². The van der Waals surface area contributed by atoms with E-state index in [1.165, 1.54) is 0 Å². The predicted molar refractivity (Wildman–Crippen MR) is 133 cm³/mol. The van der Waals surface area contributed by atoms with Crippen molar-refractivity contribution in [3.63, 3.8) is 0 Å². The first-order valence-corrected chi connectivity index (χ1v) is 12.7. The minimum absolute atomic E-state index is 0.00120. The lowest BCUT2D eigenvalue weighted by Gasteiger charge is -2.25. The Kier molecular flexibility index (Phi) is 5.96. The largest absolute Gasteiger partial charge is 0.349 e. The second kappa shape index (κ2) is 9.56. The van der Waals surface area contributed by atoms with Gasteiger partial charge < -0.3 is 14.8 Å². The lowest BCUT2D eigenvalue weighted by molar-refractivity contribution is 0.0731. The molecule has 1 saturated heterocycles. The quantitative estimate of drug-likeness (QED) is 0.452. The number of amides is 2. The second-order valence-corrected chi connectivity index (χ2v) is 9.71. The summed E-state index contributed by atoms with van der Waals surface area (Å²) in [6.45, 7) is 1.34. The highest BCUT2D eigenvalue weighted by molar-refractivity contribution is 6.00. The van der Waals surface area contributed by atoms with Crippen molar-refractivity contribution in [1.29, 1.82) is 0 Å². The third-order valence-electron chi connectivity index (χ3n) is 7.32. The third-order valence-corrected chi connectivity index (χ3v) is 7.32. The van der Waals surface area contributed by atoms with Gasteiger partial charge in [0.1, 0.15) is 5.56 Å². The van der Waals surface area contributed by atoms with Gasteiger partial charge >= 0.3 is 0 Å². The summed E-state index contributed by atoms with van der Waals surface area (Å²) in [6, 6.07) is 9.78. The minimum atomic E-state index is -0.133. The zero-order chi connectivity index (χ0) is 24.5. The molecule has 4 heterocycles. The van der Waals surface area contributed by atoms with Crippen LogP contribution in [0.3, 0.4) is 0 Å². The average Bonchev–Trinajstić information content (AvgIpc) is 3.71. The zero-order valence-corrected chi connectivity index (χ0v) is 20.1. The third kappa shape index (κ3) is 4.25. The monoisotopic (exact) mass is 483 g/mol. The first-order valence-electron chi connectivity index (χ1n) is 12.7. The van der Waals surface area contributed by atoms with E-state index in [9.17, 15) is 9.59 Å². The Labute approximate surface area is 209 Å². The van der Waals surface area contributed by atoms with Crippen LogP contribution in [0, 0.1) is 0 Å². The van der Waals surface area contributed by atoms with Crippen LogP contribution in [0.15, 0.2) is 61.4 Å². The number of nitrogens with zero attached hydrogens (tertiary/aromatic N) is 6. The van der Waals surface area contributed by atoms with Crippen LogP contribution in [-0.2, 0) is 6.54 Å². The molecule has 1 unspecified atom stereocenters. The van der Waals surface area contributed by atoms with Crippen LogP contribution < -0.4 is 5.32 Å². The van der Waals surface area contributed by atoms with Crippen molar-refractivity contribution in [1.82, 2.24) is 34.4 Å². The summed E-state index contributed by atoms with van der Waals surface area (Å²) in [5.74, 6) is -0.128. The van der Waals surface area contributed by atoms with Crippen molar-refractivity contribution < 1.29 is 9.59 Å². The van der Waals surface area contributed by atoms with Gasteiger partial charge in [0, 0.05) is 43.3 Å². The van der Waals surface area contributed by atoms with Crippen LogP contribution in [-0.4, -0.2) is 53.5 Å². The van der Waals surface area contributed by atoms with E-state index in [1.54, 1.807) is 29.4 Å². The molecule has 2 fully saturated rings.